The summed E-state index contributed by atoms with van der Waals surface area (Å²) in [5.74, 6) is -0.207. The maximum absolute atomic E-state index is 12.0. The van der Waals surface area contributed by atoms with Gasteiger partial charge in [-0.3, -0.25) is 4.79 Å². The summed E-state index contributed by atoms with van der Waals surface area (Å²) in [6.07, 6.45) is 0.960. The molecule has 2 aromatic rings. The molecule has 2 aromatic heterocycles. The number of aryl methyl sites for hydroxylation is 1. The molecule has 0 atom stereocenters. The zero-order chi connectivity index (χ0) is 13.8. The first kappa shape index (κ1) is 14.3. The molecule has 0 radical (unpaired) electrons. The van der Waals surface area contributed by atoms with Crippen LogP contribution in [0.2, 0.25) is 10.3 Å². The number of nitrogens with one attached hydrogen (secondary N) is 1. The van der Waals surface area contributed by atoms with Crippen LogP contribution < -0.4 is 5.32 Å². The van der Waals surface area contributed by atoms with Gasteiger partial charge in [-0.1, -0.05) is 30.1 Å². The molecule has 0 spiro atoms. The van der Waals surface area contributed by atoms with Crippen LogP contribution in [-0.2, 0) is 13.0 Å². The minimum atomic E-state index is -0.207. The molecular weight excluding hydrogens is 303 g/mol. The molecule has 0 unspecified atom stereocenters. The van der Waals surface area contributed by atoms with Crippen molar-refractivity contribution >= 4 is 40.4 Å². The number of carbonyl (C=O) groups excluding carboxylic acids is 1. The molecule has 0 aliphatic rings. The van der Waals surface area contributed by atoms with Gasteiger partial charge in [0, 0.05) is 10.4 Å². The van der Waals surface area contributed by atoms with Crippen LogP contribution in [0.3, 0.4) is 0 Å². The Labute approximate surface area is 125 Å². The van der Waals surface area contributed by atoms with Gasteiger partial charge < -0.3 is 5.32 Å². The van der Waals surface area contributed by atoms with E-state index in [0.717, 1.165) is 6.42 Å². The predicted molar refractivity (Wildman–Crippen MR) is 79.1 cm³/mol. The van der Waals surface area contributed by atoms with Gasteiger partial charge in [0.15, 0.2) is 0 Å². The van der Waals surface area contributed by atoms with Gasteiger partial charge in [-0.2, -0.15) is 0 Å². The second-order valence-electron chi connectivity index (χ2n) is 3.91. The minimum Gasteiger partial charge on any atom is -0.347 e. The smallest absolute Gasteiger partial charge is 0.251 e. The van der Waals surface area contributed by atoms with Crippen LogP contribution >= 0.6 is 34.5 Å². The lowest BCUT2D eigenvalue weighted by Crippen LogP contribution is -2.22. The van der Waals surface area contributed by atoms with Crippen molar-refractivity contribution in [3.8, 4) is 0 Å². The van der Waals surface area contributed by atoms with E-state index >= 15 is 0 Å². The highest BCUT2D eigenvalue weighted by molar-refractivity contribution is 7.10. The van der Waals surface area contributed by atoms with Gasteiger partial charge in [0.25, 0.3) is 5.91 Å². The second kappa shape index (κ2) is 6.37. The van der Waals surface area contributed by atoms with E-state index in [1.165, 1.54) is 22.6 Å². The number of pyridine rings is 1. The summed E-state index contributed by atoms with van der Waals surface area (Å²) < 4.78 is 0. The van der Waals surface area contributed by atoms with Crippen LogP contribution in [0.25, 0.3) is 0 Å². The first-order valence-electron chi connectivity index (χ1n) is 5.76. The summed E-state index contributed by atoms with van der Waals surface area (Å²) in [5.41, 5.74) is 1.68. The lowest BCUT2D eigenvalue weighted by atomic mass is 10.2. The van der Waals surface area contributed by atoms with Crippen LogP contribution in [0.15, 0.2) is 23.6 Å². The van der Waals surface area contributed by atoms with Crippen molar-refractivity contribution in [2.45, 2.75) is 19.9 Å². The summed E-state index contributed by atoms with van der Waals surface area (Å²) in [4.78, 5) is 17.0. The Balaban J connectivity index is 2.05. The Hall–Kier alpha value is -1.10. The number of nitrogens with zero attached hydrogens (tertiary/aromatic N) is 1. The van der Waals surface area contributed by atoms with E-state index in [1.807, 2.05) is 5.38 Å². The molecule has 3 nitrogen and oxygen atoms in total. The number of hydrogen-bond acceptors (Lipinski definition) is 3. The maximum atomic E-state index is 12.0. The number of carbonyl (C=O) groups is 1. The molecule has 2 heterocycles. The van der Waals surface area contributed by atoms with Gasteiger partial charge in [-0.05, 0) is 35.6 Å². The van der Waals surface area contributed by atoms with Gasteiger partial charge >= 0.3 is 0 Å². The van der Waals surface area contributed by atoms with E-state index in [-0.39, 0.29) is 16.2 Å². The van der Waals surface area contributed by atoms with Crippen molar-refractivity contribution in [2.24, 2.45) is 0 Å². The Morgan fingerprint density at radius 3 is 2.68 bits per heavy atom. The fraction of sp³-hybridized carbons (Fsp3) is 0.231. The summed E-state index contributed by atoms with van der Waals surface area (Å²) in [6.45, 7) is 2.60. The van der Waals surface area contributed by atoms with Crippen LogP contribution in [0.1, 0.15) is 27.7 Å². The molecule has 2 rings (SSSR count). The molecule has 0 aliphatic carbocycles. The first-order valence-corrected chi connectivity index (χ1v) is 7.40. The van der Waals surface area contributed by atoms with E-state index in [0.29, 0.717) is 12.1 Å². The van der Waals surface area contributed by atoms with E-state index in [1.54, 1.807) is 11.3 Å². The average Bonchev–Trinajstić information content (AvgIpc) is 2.82. The Bertz CT molecular complexity index is 578. The van der Waals surface area contributed by atoms with Crippen LogP contribution in [0.4, 0.5) is 0 Å². The molecular formula is C13H12Cl2N2OS. The molecule has 0 bridgehead atoms. The monoisotopic (exact) mass is 314 g/mol. The first-order chi connectivity index (χ1) is 9.10. The number of thiophene rings is 1. The van der Waals surface area contributed by atoms with Crippen molar-refractivity contribution in [1.82, 2.24) is 10.3 Å². The molecule has 19 heavy (non-hydrogen) atoms. The van der Waals surface area contributed by atoms with Gasteiger partial charge in [-0.25, -0.2) is 4.98 Å². The van der Waals surface area contributed by atoms with E-state index < -0.39 is 0 Å². The number of halogens is 2. The van der Waals surface area contributed by atoms with Crippen molar-refractivity contribution in [1.29, 1.82) is 0 Å². The second-order valence-corrected chi connectivity index (χ2v) is 5.68. The van der Waals surface area contributed by atoms with Gasteiger partial charge in [0.2, 0.25) is 0 Å². The highest BCUT2D eigenvalue weighted by Crippen LogP contribution is 2.18. The molecule has 0 fully saturated rings. The molecule has 0 saturated heterocycles. The van der Waals surface area contributed by atoms with Crippen molar-refractivity contribution < 1.29 is 4.79 Å². The van der Waals surface area contributed by atoms with Crippen molar-refractivity contribution in [3.05, 3.63) is 49.9 Å². The van der Waals surface area contributed by atoms with E-state index in [4.69, 9.17) is 23.2 Å². The van der Waals surface area contributed by atoms with E-state index in [9.17, 15) is 4.79 Å². The van der Waals surface area contributed by atoms with Gasteiger partial charge in [0.1, 0.15) is 10.3 Å². The third-order valence-corrected chi connectivity index (χ3v) is 4.00. The predicted octanol–water partition coefficient (Wildman–Crippen LogP) is 3.94. The fourth-order valence-corrected chi connectivity index (χ4v) is 3.07. The Morgan fingerprint density at radius 1 is 1.37 bits per heavy atom. The normalized spacial score (nSPS) is 10.5. The van der Waals surface area contributed by atoms with Gasteiger partial charge in [0.05, 0.1) is 6.54 Å². The fourth-order valence-electron chi connectivity index (χ4n) is 1.70. The highest BCUT2D eigenvalue weighted by Gasteiger charge is 2.10. The quantitative estimate of drug-likeness (QED) is 0.868. The zero-order valence-electron chi connectivity index (χ0n) is 10.2. The molecule has 0 saturated carbocycles. The lowest BCUT2D eigenvalue weighted by molar-refractivity contribution is 0.0951. The lowest BCUT2D eigenvalue weighted by Gasteiger charge is -2.06. The number of rotatable bonds is 4. The molecule has 100 valence electrons. The van der Waals surface area contributed by atoms with E-state index in [2.05, 4.69) is 23.3 Å². The Kier molecular flexibility index (Phi) is 4.80. The SMILES string of the molecule is CCc1ccsc1CNC(=O)c1cc(Cl)nc(Cl)c1. The third kappa shape index (κ3) is 3.69. The largest absolute Gasteiger partial charge is 0.347 e. The van der Waals surface area contributed by atoms with Crippen molar-refractivity contribution in [3.63, 3.8) is 0 Å². The number of amides is 1. The molecule has 0 aliphatic heterocycles. The number of aromatic nitrogens is 1. The summed E-state index contributed by atoms with van der Waals surface area (Å²) >= 11 is 13.2. The molecule has 0 aromatic carbocycles. The molecule has 1 N–H and O–H groups in total. The standard InChI is InChI=1S/C13H12Cl2N2OS/c1-2-8-3-4-19-10(8)7-16-13(18)9-5-11(14)17-12(15)6-9/h3-6H,2,7H2,1H3,(H,16,18). The minimum absolute atomic E-state index is 0.207. The van der Waals surface area contributed by atoms with Gasteiger partial charge in [-0.15, -0.1) is 11.3 Å². The molecule has 1 amide bonds. The van der Waals surface area contributed by atoms with Crippen LogP contribution in [0.5, 0.6) is 0 Å². The summed E-state index contributed by atoms with van der Waals surface area (Å²) in [7, 11) is 0. The summed E-state index contributed by atoms with van der Waals surface area (Å²) in [5, 5.41) is 5.31. The zero-order valence-corrected chi connectivity index (χ0v) is 12.6. The summed E-state index contributed by atoms with van der Waals surface area (Å²) in [6, 6.07) is 5.07. The highest BCUT2D eigenvalue weighted by atomic mass is 35.5. The maximum Gasteiger partial charge on any atom is 0.251 e. The average molecular weight is 315 g/mol. The topological polar surface area (TPSA) is 42.0 Å². The third-order valence-electron chi connectivity index (χ3n) is 2.65. The number of hydrogen-bond donors (Lipinski definition) is 1. The van der Waals surface area contributed by atoms with Crippen LogP contribution in [0, 0.1) is 0 Å². The van der Waals surface area contributed by atoms with Crippen molar-refractivity contribution in [2.75, 3.05) is 0 Å². The Morgan fingerprint density at radius 2 is 2.05 bits per heavy atom. The molecule has 6 heteroatoms. The van der Waals surface area contributed by atoms with Crippen LogP contribution in [-0.4, -0.2) is 10.9 Å².